The van der Waals surface area contributed by atoms with E-state index < -0.39 is 18.9 Å². The van der Waals surface area contributed by atoms with Gasteiger partial charge in [0.1, 0.15) is 0 Å². The highest BCUT2D eigenvalue weighted by molar-refractivity contribution is 7.84. The number of benzene rings is 2. The van der Waals surface area contributed by atoms with Crippen LogP contribution in [-0.2, 0) is 11.0 Å². The van der Waals surface area contributed by atoms with Gasteiger partial charge in [-0.25, -0.2) is 8.93 Å². The summed E-state index contributed by atoms with van der Waals surface area (Å²) < 4.78 is 16.5. The monoisotopic (exact) mass is 459 g/mol. The van der Waals surface area contributed by atoms with Crippen LogP contribution in [0.25, 0.3) is 0 Å². The van der Waals surface area contributed by atoms with Gasteiger partial charge in [-0.3, -0.25) is 0 Å². The van der Waals surface area contributed by atoms with Crippen molar-refractivity contribution in [1.29, 1.82) is 0 Å². The molecule has 0 aliphatic rings. The molecule has 0 aliphatic carbocycles. The molecular weight excluding hydrogens is 417 g/mol. The predicted molar refractivity (Wildman–Crippen MR) is 141 cm³/mol. The molecule has 0 bridgehead atoms. The first-order valence-electron chi connectivity index (χ1n) is 11.2. The second-order valence-electron chi connectivity index (χ2n) is 11.6. The third-order valence-corrected chi connectivity index (χ3v) is 10.3. The Bertz CT molecular complexity index is 897. The quantitative estimate of drug-likeness (QED) is 0.473. The highest BCUT2D eigenvalue weighted by Crippen LogP contribution is 2.59. The fourth-order valence-electron chi connectivity index (χ4n) is 4.44. The molecule has 1 N–H and O–H groups in total. The molecule has 4 heteroatoms. The molecule has 2 atom stereocenters. The van der Waals surface area contributed by atoms with Crippen molar-refractivity contribution in [1.82, 2.24) is 4.72 Å². The van der Waals surface area contributed by atoms with Gasteiger partial charge in [-0.15, -0.1) is 0 Å². The van der Waals surface area contributed by atoms with Crippen LogP contribution in [0, 0.1) is 13.8 Å². The Hall–Kier alpha value is -1.02. The number of hydrogen-bond acceptors (Lipinski definition) is 1. The van der Waals surface area contributed by atoms with Gasteiger partial charge in [0.15, 0.2) is 0 Å². The first kappa shape index (κ1) is 26.2. The van der Waals surface area contributed by atoms with Gasteiger partial charge in [0.2, 0.25) is 0 Å². The van der Waals surface area contributed by atoms with Crippen molar-refractivity contribution in [3.05, 3.63) is 64.7 Å². The number of hydrogen-bond donors (Lipinski definition) is 1. The zero-order valence-corrected chi connectivity index (χ0v) is 23.1. The zero-order chi connectivity index (χ0) is 23.8. The summed E-state index contributed by atoms with van der Waals surface area (Å²) in [5.74, 6) is 0. The first-order chi connectivity index (χ1) is 14.0. The van der Waals surface area contributed by atoms with Crippen molar-refractivity contribution < 1.29 is 4.21 Å². The topological polar surface area (TPSA) is 29.1 Å². The van der Waals surface area contributed by atoms with E-state index in [2.05, 4.69) is 103 Å². The molecule has 2 aromatic rings. The molecule has 2 rings (SSSR count). The van der Waals surface area contributed by atoms with Crippen molar-refractivity contribution >= 4 is 24.2 Å². The van der Waals surface area contributed by atoms with Crippen LogP contribution in [0.15, 0.2) is 42.5 Å². The molecule has 0 radical (unpaired) electrons. The highest BCUT2D eigenvalue weighted by atomic mass is 32.2. The van der Waals surface area contributed by atoms with Crippen LogP contribution in [0.3, 0.4) is 0 Å². The minimum absolute atomic E-state index is 0.121. The van der Waals surface area contributed by atoms with Crippen LogP contribution < -0.4 is 10.0 Å². The van der Waals surface area contributed by atoms with Crippen molar-refractivity contribution in [2.45, 2.75) is 97.3 Å². The lowest BCUT2D eigenvalue weighted by atomic mass is 9.96. The van der Waals surface area contributed by atoms with Crippen molar-refractivity contribution in [2.75, 3.05) is 0 Å². The van der Waals surface area contributed by atoms with E-state index >= 15 is 0 Å². The van der Waals surface area contributed by atoms with E-state index in [-0.39, 0.29) is 21.1 Å². The van der Waals surface area contributed by atoms with E-state index in [0.717, 1.165) is 0 Å². The molecule has 31 heavy (non-hydrogen) atoms. The maximum absolute atomic E-state index is 13.3. The van der Waals surface area contributed by atoms with E-state index in [1.807, 2.05) is 20.8 Å². The molecule has 2 aromatic carbocycles. The lowest BCUT2D eigenvalue weighted by molar-refractivity contribution is 0.623. The number of nitrogens with one attached hydrogen (secondary N) is 1. The smallest absolute Gasteiger partial charge is 0.0979 e. The summed E-state index contributed by atoms with van der Waals surface area (Å²) in [6, 6.07) is 15.4. The fourth-order valence-corrected chi connectivity index (χ4v) is 9.42. The second kappa shape index (κ2) is 9.46. The Morgan fingerprint density at radius 1 is 0.806 bits per heavy atom. The standard InChI is InChI=1S/C27H42NOPS/c1-19-16-20(2)18-21(17-19)24(28-31(29)27(9,10)11)22-14-12-13-15-23(22)30(25(3,4)5)26(6,7)8/h12-18,24,28H,1-11H3. The summed E-state index contributed by atoms with van der Waals surface area (Å²) in [5.41, 5.74) is 4.89. The molecule has 0 saturated heterocycles. The molecule has 0 fully saturated rings. The van der Waals surface area contributed by atoms with E-state index in [1.54, 1.807) is 0 Å². The fraction of sp³-hybridized carbons (Fsp3) is 0.556. The SMILES string of the molecule is Cc1cc(C)cc(C(NS(=O)C(C)(C)C)c2ccccc2P(C(C)(C)C)C(C)(C)C)c1. The largest absolute Gasteiger partial charge is 0.242 e. The summed E-state index contributed by atoms with van der Waals surface area (Å²) in [4.78, 5) is 0. The molecule has 0 heterocycles. The average molecular weight is 460 g/mol. The summed E-state index contributed by atoms with van der Waals surface area (Å²) in [6.45, 7) is 24.5. The Morgan fingerprint density at radius 2 is 1.29 bits per heavy atom. The van der Waals surface area contributed by atoms with E-state index in [9.17, 15) is 4.21 Å². The molecule has 2 nitrogen and oxygen atoms in total. The maximum Gasteiger partial charge on any atom is 0.0979 e. The summed E-state index contributed by atoms with van der Waals surface area (Å²) >= 11 is 0. The van der Waals surface area contributed by atoms with Gasteiger partial charge in [0, 0.05) is 0 Å². The molecule has 0 aliphatic heterocycles. The number of rotatable bonds is 5. The van der Waals surface area contributed by atoms with Crippen LogP contribution >= 0.6 is 7.92 Å². The lowest BCUT2D eigenvalue weighted by Gasteiger charge is -2.43. The van der Waals surface area contributed by atoms with Crippen LogP contribution in [0.4, 0.5) is 0 Å². The van der Waals surface area contributed by atoms with Crippen LogP contribution in [0.5, 0.6) is 0 Å². The van der Waals surface area contributed by atoms with Crippen molar-refractivity contribution in [2.24, 2.45) is 0 Å². The van der Waals surface area contributed by atoms with Gasteiger partial charge >= 0.3 is 0 Å². The van der Waals surface area contributed by atoms with E-state index in [0.29, 0.717) is 0 Å². The summed E-state index contributed by atoms with van der Waals surface area (Å²) in [6.07, 6.45) is 0. The molecule has 172 valence electrons. The Balaban J connectivity index is 2.77. The molecule has 0 saturated carbocycles. The molecule has 0 spiro atoms. The van der Waals surface area contributed by atoms with Gasteiger partial charge < -0.3 is 0 Å². The maximum atomic E-state index is 13.3. The number of aryl methyl sites for hydroxylation is 2. The Morgan fingerprint density at radius 3 is 1.74 bits per heavy atom. The second-order valence-corrected chi connectivity index (χ2v) is 17.4. The average Bonchev–Trinajstić information content (AvgIpc) is 2.56. The lowest BCUT2D eigenvalue weighted by Crippen LogP contribution is -2.39. The Labute approximate surface area is 195 Å². The van der Waals surface area contributed by atoms with Gasteiger partial charge in [0.25, 0.3) is 0 Å². The van der Waals surface area contributed by atoms with Crippen LogP contribution in [0.2, 0.25) is 0 Å². The van der Waals surface area contributed by atoms with Gasteiger partial charge in [-0.1, -0.05) is 103 Å². The van der Waals surface area contributed by atoms with E-state index in [1.165, 1.54) is 27.6 Å². The molecule has 2 unspecified atom stereocenters. The first-order valence-corrected chi connectivity index (χ1v) is 13.7. The van der Waals surface area contributed by atoms with Crippen molar-refractivity contribution in [3.63, 3.8) is 0 Å². The third-order valence-electron chi connectivity index (χ3n) is 5.19. The van der Waals surface area contributed by atoms with Crippen LogP contribution in [-0.4, -0.2) is 19.3 Å². The normalized spacial score (nSPS) is 15.2. The zero-order valence-electron chi connectivity index (χ0n) is 21.4. The minimum Gasteiger partial charge on any atom is -0.242 e. The van der Waals surface area contributed by atoms with E-state index in [4.69, 9.17) is 0 Å². The highest BCUT2D eigenvalue weighted by Gasteiger charge is 2.38. The molecule has 0 amide bonds. The van der Waals surface area contributed by atoms with Crippen LogP contribution in [0.1, 0.15) is 90.6 Å². The molecule has 0 aromatic heterocycles. The summed E-state index contributed by atoms with van der Waals surface area (Å²) in [5, 5.41) is 1.71. The predicted octanol–water partition coefficient (Wildman–Crippen LogP) is 7.15. The summed E-state index contributed by atoms with van der Waals surface area (Å²) in [7, 11) is -1.68. The third kappa shape index (κ3) is 6.73. The van der Waals surface area contributed by atoms with Gasteiger partial charge in [-0.2, -0.15) is 0 Å². The Kier molecular flexibility index (Phi) is 8.00. The van der Waals surface area contributed by atoms with Gasteiger partial charge in [0.05, 0.1) is 21.8 Å². The van der Waals surface area contributed by atoms with Crippen molar-refractivity contribution in [3.8, 4) is 0 Å². The minimum atomic E-state index is -1.19. The molecular formula is C27H42NOPS. The van der Waals surface area contributed by atoms with Gasteiger partial charge in [-0.05, 0) is 61.4 Å².